The highest BCUT2D eigenvalue weighted by Gasteiger charge is 2.07. The van der Waals surface area contributed by atoms with Crippen LogP contribution in [0.4, 0.5) is 0 Å². The van der Waals surface area contributed by atoms with Gasteiger partial charge in [0.25, 0.3) is 0 Å². The van der Waals surface area contributed by atoms with E-state index in [4.69, 9.17) is 5.11 Å². The van der Waals surface area contributed by atoms with Gasteiger partial charge in [-0.25, -0.2) is 14.8 Å². The third-order valence-electron chi connectivity index (χ3n) is 1.01. The number of aromatic nitrogens is 2. The van der Waals surface area contributed by atoms with Crippen molar-refractivity contribution in [3.05, 3.63) is 18.2 Å². The number of ether oxygens (including phenoxy) is 1. The van der Waals surface area contributed by atoms with Crippen molar-refractivity contribution in [2.45, 2.75) is 0 Å². The van der Waals surface area contributed by atoms with Gasteiger partial charge in [-0.15, -0.1) is 0 Å². The van der Waals surface area contributed by atoms with E-state index in [0.717, 1.165) is 12.4 Å². The predicted molar refractivity (Wildman–Crippen MR) is 35.0 cm³/mol. The lowest BCUT2D eigenvalue weighted by molar-refractivity contribution is 0.0586. The molecule has 0 fully saturated rings. The summed E-state index contributed by atoms with van der Waals surface area (Å²) in [5.74, 6) is -0.770. The molecule has 0 aromatic carbocycles. The molecule has 0 radical (unpaired) electrons. The minimum absolute atomic E-state index is 0.0645. The fourth-order valence-electron chi connectivity index (χ4n) is 0.518. The largest absolute Gasteiger partial charge is 0.505 e. The van der Waals surface area contributed by atoms with Crippen LogP contribution >= 0.6 is 0 Å². The van der Waals surface area contributed by atoms with Gasteiger partial charge in [0.2, 0.25) is 5.82 Å². The quantitative estimate of drug-likeness (QED) is 0.575. The Balaban J connectivity index is 2.90. The van der Waals surface area contributed by atoms with E-state index >= 15 is 0 Å². The first kappa shape index (κ1) is 7.46. The average molecular weight is 154 g/mol. The van der Waals surface area contributed by atoms with Gasteiger partial charge in [-0.05, 0) is 0 Å². The molecule has 1 aromatic heterocycles. The summed E-state index contributed by atoms with van der Waals surface area (Å²) < 4.78 is 4.33. The lowest BCUT2D eigenvalue weighted by Crippen LogP contribution is -2.05. The summed E-state index contributed by atoms with van der Waals surface area (Å²) in [4.78, 5) is 17.7. The highest BCUT2D eigenvalue weighted by Crippen LogP contribution is 2.02. The molecule has 0 aliphatic carbocycles. The summed E-state index contributed by atoms with van der Waals surface area (Å²) in [7, 11) is 1.23. The van der Waals surface area contributed by atoms with Gasteiger partial charge >= 0.3 is 5.97 Å². The summed E-state index contributed by atoms with van der Waals surface area (Å²) in [6.07, 6.45) is 2.25. The highest BCUT2D eigenvalue weighted by molar-refractivity contribution is 5.84. The first-order valence-electron chi connectivity index (χ1n) is 2.83. The smallest absolute Gasteiger partial charge is 0.376 e. The zero-order valence-corrected chi connectivity index (χ0v) is 5.81. The van der Waals surface area contributed by atoms with E-state index in [1.807, 2.05) is 0 Å². The van der Waals surface area contributed by atoms with Crippen molar-refractivity contribution in [2.24, 2.45) is 0 Å². The summed E-state index contributed by atoms with van der Waals surface area (Å²) in [5, 5.41) is 8.73. The number of rotatable bonds is 1. The van der Waals surface area contributed by atoms with Crippen LogP contribution in [0.5, 0.6) is 5.75 Å². The van der Waals surface area contributed by atoms with Gasteiger partial charge in [0.1, 0.15) is 0 Å². The first-order valence-corrected chi connectivity index (χ1v) is 2.83. The molecule has 1 rings (SSSR count). The van der Waals surface area contributed by atoms with E-state index in [-0.39, 0.29) is 11.6 Å². The number of methoxy groups -OCH3 is 1. The number of carbonyl (C=O) groups is 1. The maximum absolute atomic E-state index is 10.7. The zero-order valence-electron chi connectivity index (χ0n) is 5.81. The normalized spacial score (nSPS) is 9.18. The summed E-state index contributed by atoms with van der Waals surface area (Å²) >= 11 is 0. The molecule has 0 spiro atoms. The Hall–Kier alpha value is -1.65. The Labute approximate surface area is 62.7 Å². The molecule has 0 aliphatic rings. The Kier molecular flexibility index (Phi) is 2.00. The van der Waals surface area contributed by atoms with Crippen molar-refractivity contribution in [1.82, 2.24) is 9.97 Å². The molecule has 0 atom stereocenters. The molecule has 0 unspecified atom stereocenters. The van der Waals surface area contributed by atoms with Crippen molar-refractivity contribution >= 4 is 5.97 Å². The number of esters is 1. The van der Waals surface area contributed by atoms with Crippen molar-refractivity contribution in [3.8, 4) is 5.75 Å². The average Bonchev–Trinajstić information content (AvgIpc) is 2.05. The van der Waals surface area contributed by atoms with Crippen LogP contribution in [0, 0.1) is 0 Å². The molecule has 1 N–H and O–H groups in total. The maximum atomic E-state index is 10.7. The van der Waals surface area contributed by atoms with Gasteiger partial charge < -0.3 is 9.84 Å². The molecule has 0 aliphatic heterocycles. The van der Waals surface area contributed by atoms with Crippen LogP contribution < -0.4 is 0 Å². The Morgan fingerprint density at radius 2 is 2.09 bits per heavy atom. The third-order valence-corrected chi connectivity index (χ3v) is 1.01. The van der Waals surface area contributed by atoms with Gasteiger partial charge in [-0.3, -0.25) is 0 Å². The number of hydrogen-bond donors (Lipinski definition) is 1. The molecule has 0 bridgehead atoms. The van der Waals surface area contributed by atoms with Crippen molar-refractivity contribution in [3.63, 3.8) is 0 Å². The molecule has 0 amide bonds. The zero-order chi connectivity index (χ0) is 8.27. The van der Waals surface area contributed by atoms with E-state index in [2.05, 4.69) is 14.7 Å². The second kappa shape index (κ2) is 2.96. The summed E-state index contributed by atoms with van der Waals surface area (Å²) in [6, 6.07) is 0. The van der Waals surface area contributed by atoms with E-state index in [1.165, 1.54) is 7.11 Å². The summed E-state index contributed by atoms with van der Waals surface area (Å²) in [6.45, 7) is 0. The van der Waals surface area contributed by atoms with Gasteiger partial charge in [0.05, 0.1) is 19.5 Å². The maximum Gasteiger partial charge on any atom is 0.376 e. The third kappa shape index (κ3) is 1.64. The van der Waals surface area contributed by atoms with Crippen LogP contribution in [-0.2, 0) is 4.74 Å². The van der Waals surface area contributed by atoms with Gasteiger partial charge in [0.15, 0.2) is 5.75 Å². The van der Waals surface area contributed by atoms with Crippen molar-refractivity contribution in [1.29, 1.82) is 0 Å². The first-order chi connectivity index (χ1) is 5.24. The molecule has 11 heavy (non-hydrogen) atoms. The Morgan fingerprint density at radius 3 is 2.55 bits per heavy atom. The highest BCUT2D eigenvalue weighted by atomic mass is 16.5. The lowest BCUT2D eigenvalue weighted by Gasteiger charge is -1.95. The molecule has 5 nitrogen and oxygen atoms in total. The fraction of sp³-hybridized carbons (Fsp3) is 0.167. The molecular formula is C6H6N2O3. The molecular weight excluding hydrogens is 148 g/mol. The summed E-state index contributed by atoms with van der Waals surface area (Å²) in [5.41, 5.74) is 0. The van der Waals surface area contributed by atoms with Crippen LogP contribution in [-0.4, -0.2) is 28.2 Å². The number of nitrogens with zero attached hydrogens (tertiary/aromatic N) is 2. The Bertz CT molecular complexity index is 257. The lowest BCUT2D eigenvalue weighted by atomic mass is 10.5. The van der Waals surface area contributed by atoms with E-state index in [0.29, 0.717) is 0 Å². The van der Waals surface area contributed by atoms with Crippen LogP contribution in [0.3, 0.4) is 0 Å². The van der Waals surface area contributed by atoms with E-state index in [1.54, 1.807) is 0 Å². The van der Waals surface area contributed by atoms with Gasteiger partial charge in [-0.2, -0.15) is 0 Å². The van der Waals surface area contributed by atoms with Crippen LogP contribution in [0.25, 0.3) is 0 Å². The minimum Gasteiger partial charge on any atom is -0.505 e. The molecule has 0 saturated carbocycles. The SMILES string of the molecule is COC(=O)c1ncc(O)cn1. The second-order valence-corrected chi connectivity index (χ2v) is 1.76. The van der Waals surface area contributed by atoms with Crippen LogP contribution in [0.15, 0.2) is 12.4 Å². The Morgan fingerprint density at radius 1 is 1.55 bits per heavy atom. The van der Waals surface area contributed by atoms with Crippen molar-refractivity contribution < 1.29 is 14.6 Å². The minimum atomic E-state index is -0.620. The van der Waals surface area contributed by atoms with E-state index in [9.17, 15) is 4.79 Å². The van der Waals surface area contributed by atoms with Crippen molar-refractivity contribution in [2.75, 3.05) is 7.11 Å². The van der Waals surface area contributed by atoms with Gasteiger partial charge in [0, 0.05) is 0 Å². The van der Waals surface area contributed by atoms with E-state index < -0.39 is 5.97 Å². The number of hydrogen-bond acceptors (Lipinski definition) is 5. The fourth-order valence-corrected chi connectivity index (χ4v) is 0.518. The number of carbonyl (C=O) groups excluding carboxylic acids is 1. The van der Waals surface area contributed by atoms with Crippen LogP contribution in [0.1, 0.15) is 10.6 Å². The van der Waals surface area contributed by atoms with Crippen LogP contribution in [0.2, 0.25) is 0 Å². The molecule has 0 saturated heterocycles. The monoisotopic (exact) mass is 154 g/mol. The molecule has 1 aromatic rings. The standard InChI is InChI=1S/C6H6N2O3/c1-11-6(10)5-7-2-4(9)3-8-5/h2-3,9H,1H3. The predicted octanol–water partition coefficient (Wildman–Crippen LogP) is -0.0312. The molecule has 1 heterocycles. The topological polar surface area (TPSA) is 72.3 Å². The second-order valence-electron chi connectivity index (χ2n) is 1.76. The molecule has 58 valence electrons. The van der Waals surface area contributed by atoms with Gasteiger partial charge in [-0.1, -0.05) is 0 Å². The number of aromatic hydroxyl groups is 1. The molecule has 5 heteroatoms.